The van der Waals surface area contributed by atoms with Gasteiger partial charge in [0.25, 0.3) is 5.91 Å². The van der Waals surface area contributed by atoms with Crippen LogP contribution in [0.2, 0.25) is 0 Å². The van der Waals surface area contributed by atoms with E-state index in [1.807, 2.05) is 30.0 Å². The third-order valence-electron chi connectivity index (χ3n) is 4.57. The van der Waals surface area contributed by atoms with Crippen molar-refractivity contribution in [2.45, 2.75) is 32.2 Å². The fourth-order valence-electron chi connectivity index (χ4n) is 3.16. The molecular formula is C16H18N4O. The summed E-state index contributed by atoms with van der Waals surface area (Å²) in [6.45, 7) is 2.90. The molecule has 1 atom stereocenters. The van der Waals surface area contributed by atoms with Gasteiger partial charge in [0, 0.05) is 12.6 Å². The Morgan fingerprint density at radius 3 is 2.57 bits per heavy atom. The topological polar surface area (TPSA) is 51.0 Å². The summed E-state index contributed by atoms with van der Waals surface area (Å²) in [7, 11) is 0. The summed E-state index contributed by atoms with van der Waals surface area (Å²) in [5, 5.41) is 7.68. The van der Waals surface area contributed by atoms with Crippen molar-refractivity contribution in [2.75, 3.05) is 6.54 Å². The van der Waals surface area contributed by atoms with E-state index in [1.165, 1.54) is 12.8 Å². The molecule has 1 amide bonds. The Bertz CT molecular complexity index is 676. The monoisotopic (exact) mass is 282 g/mol. The molecule has 0 unspecified atom stereocenters. The van der Waals surface area contributed by atoms with E-state index in [-0.39, 0.29) is 5.91 Å². The van der Waals surface area contributed by atoms with Crippen molar-refractivity contribution in [3.05, 3.63) is 42.0 Å². The SMILES string of the molecule is Cc1ccc(-n2cnnc2)c(C(=O)N2CC[C@H]2C2CC2)c1. The Morgan fingerprint density at radius 2 is 1.95 bits per heavy atom. The summed E-state index contributed by atoms with van der Waals surface area (Å²) >= 11 is 0. The Balaban J connectivity index is 1.70. The number of hydrogen-bond acceptors (Lipinski definition) is 3. The quantitative estimate of drug-likeness (QED) is 0.867. The average molecular weight is 282 g/mol. The summed E-state index contributed by atoms with van der Waals surface area (Å²) in [4.78, 5) is 15.0. The molecule has 1 aromatic heterocycles. The van der Waals surface area contributed by atoms with Crippen LogP contribution in [-0.2, 0) is 0 Å². The number of amides is 1. The van der Waals surface area contributed by atoms with Crippen molar-refractivity contribution in [3.8, 4) is 5.69 Å². The number of aromatic nitrogens is 3. The van der Waals surface area contributed by atoms with Crippen molar-refractivity contribution in [3.63, 3.8) is 0 Å². The highest BCUT2D eigenvalue weighted by molar-refractivity contribution is 5.98. The Morgan fingerprint density at radius 1 is 1.19 bits per heavy atom. The lowest BCUT2D eigenvalue weighted by Gasteiger charge is -2.41. The predicted octanol–water partition coefficient (Wildman–Crippen LogP) is 2.20. The van der Waals surface area contributed by atoms with Crippen LogP contribution in [0.3, 0.4) is 0 Å². The van der Waals surface area contributed by atoms with Crippen molar-refractivity contribution in [1.29, 1.82) is 0 Å². The molecule has 2 aliphatic rings. The third kappa shape index (κ3) is 2.13. The first-order valence-corrected chi connectivity index (χ1v) is 7.50. The summed E-state index contributed by atoms with van der Waals surface area (Å²) in [5.41, 5.74) is 2.70. The molecule has 21 heavy (non-hydrogen) atoms. The molecule has 0 bridgehead atoms. The van der Waals surface area contributed by atoms with Crippen LogP contribution in [0, 0.1) is 12.8 Å². The van der Waals surface area contributed by atoms with Gasteiger partial charge in [-0.2, -0.15) is 0 Å². The van der Waals surface area contributed by atoms with E-state index in [2.05, 4.69) is 10.2 Å². The second-order valence-electron chi connectivity index (χ2n) is 6.08. The second kappa shape index (κ2) is 4.69. The highest BCUT2D eigenvalue weighted by atomic mass is 16.2. The Hall–Kier alpha value is -2.17. The van der Waals surface area contributed by atoms with Crippen molar-refractivity contribution >= 4 is 5.91 Å². The number of nitrogens with zero attached hydrogens (tertiary/aromatic N) is 4. The molecule has 1 aliphatic carbocycles. The van der Waals surface area contributed by atoms with E-state index in [0.717, 1.165) is 35.7 Å². The minimum Gasteiger partial charge on any atom is -0.335 e. The molecule has 1 aromatic carbocycles. The Labute approximate surface area is 123 Å². The van der Waals surface area contributed by atoms with Gasteiger partial charge in [0.15, 0.2) is 0 Å². The van der Waals surface area contributed by atoms with E-state index in [9.17, 15) is 4.79 Å². The van der Waals surface area contributed by atoms with Gasteiger partial charge in [-0.15, -0.1) is 10.2 Å². The molecule has 1 saturated carbocycles. The minimum absolute atomic E-state index is 0.144. The first-order valence-electron chi connectivity index (χ1n) is 7.50. The first kappa shape index (κ1) is 12.6. The zero-order valence-corrected chi connectivity index (χ0v) is 12.1. The van der Waals surface area contributed by atoms with E-state index in [1.54, 1.807) is 17.2 Å². The lowest BCUT2D eigenvalue weighted by atomic mass is 9.96. The molecule has 2 aromatic rings. The highest BCUT2D eigenvalue weighted by Gasteiger charge is 2.43. The molecule has 4 rings (SSSR count). The zero-order chi connectivity index (χ0) is 14.4. The summed E-state index contributed by atoms with van der Waals surface area (Å²) < 4.78 is 1.80. The normalized spacial score (nSPS) is 21.2. The molecule has 0 radical (unpaired) electrons. The molecule has 5 nitrogen and oxygen atoms in total. The van der Waals surface area contributed by atoms with Gasteiger partial charge >= 0.3 is 0 Å². The van der Waals surface area contributed by atoms with E-state index in [4.69, 9.17) is 0 Å². The van der Waals surface area contributed by atoms with Crippen LogP contribution in [0.15, 0.2) is 30.9 Å². The van der Waals surface area contributed by atoms with Crippen LogP contribution >= 0.6 is 0 Å². The molecule has 5 heteroatoms. The van der Waals surface area contributed by atoms with Crippen LogP contribution in [0.25, 0.3) is 5.69 Å². The zero-order valence-electron chi connectivity index (χ0n) is 12.1. The van der Waals surface area contributed by atoms with Crippen molar-refractivity contribution in [2.24, 2.45) is 5.92 Å². The lowest BCUT2D eigenvalue weighted by molar-refractivity contribution is 0.0412. The van der Waals surface area contributed by atoms with Gasteiger partial charge < -0.3 is 4.90 Å². The average Bonchev–Trinajstić information content (AvgIpc) is 3.10. The number of carbonyl (C=O) groups excluding carboxylic acids is 1. The summed E-state index contributed by atoms with van der Waals surface area (Å²) in [5.74, 6) is 0.886. The van der Waals surface area contributed by atoms with Crippen LogP contribution < -0.4 is 0 Å². The predicted molar refractivity (Wildman–Crippen MR) is 78.3 cm³/mol. The lowest BCUT2D eigenvalue weighted by Crippen LogP contribution is -2.52. The molecule has 0 N–H and O–H groups in total. The highest BCUT2D eigenvalue weighted by Crippen LogP contribution is 2.41. The Kier molecular flexibility index (Phi) is 2.80. The first-order chi connectivity index (χ1) is 10.2. The van der Waals surface area contributed by atoms with E-state index >= 15 is 0 Å². The molecular weight excluding hydrogens is 264 g/mol. The second-order valence-corrected chi connectivity index (χ2v) is 6.08. The number of likely N-dealkylation sites (tertiary alicyclic amines) is 1. The molecule has 1 saturated heterocycles. The van der Waals surface area contributed by atoms with Gasteiger partial charge in [-0.05, 0) is 44.2 Å². The standard InChI is InChI=1S/C16H18N4O/c1-11-2-5-15(19-9-17-18-10-19)13(8-11)16(21)20-7-6-14(20)12-3-4-12/h2,5,8-10,12,14H,3-4,6-7H2,1H3/t14-/m0/s1. The fourth-order valence-corrected chi connectivity index (χ4v) is 3.16. The molecule has 2 fully saturated rings. The van der Waals surface area contributed by atoms with Gasteiger partial charge in [0.05, 0.1) is 11.3 Å². The van der Waals surface area contributed by atoms with Crippen LogP contribution in [0.1, 0.15) is 35.2 Å². The van der Waals surface area contributed by atoms with Gasteiger partial charge in [0.2, 0.25) is 0 Å². The smallest absolute Gasteiger partial charge is 0.256 e. The summed E-state index contributed by atoms with van der Waals surface area (Å²) in [6.07, 6.45) is 6.98. The minimum atomic E-state index is 0.144. The number of benzene rings is 1. The number of rotatable bonds is 3. The van der Waals surface area contributed by atoms with Gasteiger partial charge in [-0.3, -0.25) is 9.36 Å². The fraction of sp³-hybridized carbons (Fsp3) is 0.438. The van der Waals surface area contributed by atoms with Gasteiger partial charge in [0.1, 0.15) is 12.7 Å². The molecule has 1 aliphatic heterocycles. The molecule has 2 heterocycles. The van der Waals surface area contributed by atoms with Crippen LogP contribution in [0.5, 0.6) is 0 Å². The molecule has 108 valence electrons. The maximum Gasteiger partial charge on any atom is 0.256 e. The largest absolute Gasteiger partial charge is 0.335 e. The van der Waals surface area contributed by atoms with Crippen LogP contribution in [0.4, 0.5) is 0 Å². The summed E-state index contributed by atoms with van der Waals surface area (Å²) in [6, 6.07) is 6.42. The van der Waals surface area contributed by atoms with E-state index < -0.39 is 0 Å². The van der Waals surface area contributed by atoms with Crippen molar-refractivity contribution in [1.82, 2.24) is 19.7 Å². The third-order valence-corrected chi connectivity index (χ3v) is 4.57. The van der Waals surface area contributed by atoms with Gasteiger partial charge in [-0.1, -0.05) is 11.6 Å². The van der Waals surface area contributed by atoms with Crippen molar-refractivity contribution < 1.29 is 4.79 Å². The number of carbonyl (C=O) groups is 1. The maximum absolute atomic E-state index is 12.9. The number of aryl methyl sites for hydroxylation is 1. The number of hydrogen-bond donors (Lipinski definition) is 0. The van der Waals surface area contributed by atoms with Crippen LogP contribution in [-0.4, -0.2) is 38.2 Å². The molecule has 0 spiro atoms. The van der Waals surface area contributed by atoms with E-state index in [0.29, 0.717) is 6.04 Å². The maximum atomic E-state index is 12.9. The van der Waals surface area contributed by atoms with Gasteiger partial charge in [-0.25, -0.2) is 0 Å².